The number of aromatic nitrogens is 2. The lowest BCUT2D eigenvalue weighted by Crippen LogP contribution is -2.14. The Morgan fingerprint density at radius 1 is 1.06 bits per heavy atom. The van der Waals surface area contributed by atoms with E-state index >= 15 is 0 Å². The van der Waals surface area contributed by atoms with Crippen LogP contribution in [0, 0.1) is 0 Å². The van der Waals surface area contributed by atoms with Crippen LogP contribution in [0.25, 0.3) is 0 Å². The normalized spacial score (nSPS) is 10.9. The summed E-state index contributed by atoms with van der Waals surface area (Å²) in [5.74, 6) is -0.120. The number of sulfone groups is 1. The highest BCUT2D eigenvalue weighted by Crippen LogP contribution is 2.30. The van der Waals surface area contributed by atoms with Crippen LogP contribution in [-0.2, 0) is 19.4 Å². The van der Waals surface area contributed by atoms with Gasteiger partial charge in [0.05, 0.1) is 24.5 Å². The van der Waals surface area contributed by atoms with Gasteiger partial charge >= 0.3 is 5.97 Å². The molecule has 1 aromatic heterocycles. The van der Waals surface area contributed by atoms with Gasteiger partial charge in [0.25, 0.3) is 5.91 Å². The molecule has 0 spiro atoms. The lowest BCUT2D eigenvalue weighted by atomic mass is 10.2. The van der Waals surface area contributed by atoms with Crippen molar-refractivity contribution in [3.05, 3.63) is 60.7 Å². The highest BCUT2D eigenvalue weighted by Gasteiger charge is 2.12. The Balaban J connectivity index is 1.84. The highest BCUT2D eigenvalue weighted by molar-refractivity contribution is 7.90. The second-order valence-electron chi connectivity index (χ2n) is 6.32. The lowest BCUT2D eigenvalue weighted by molar-refractivity contribution is -0.142. The molecule has 2 aromatic carbocycles. The van der Waals surface area contributed by atoms with Gasteiger partial charge in [-0.05, 0) is 24.3 Å². The van der Waals surface area contributed by atoms with E-state index in [4.69, 9.17) is 9.47 Å². The summed E-state index contributed by atoms with van der Waals surface area (Å²) in [5, 5.41) is 2.68. The molecule has 0 bridgehead atoms. The molecule has 11 heteroatoms. The molecule has 1 heterocycles. The van der Waals surface area contributed by atoms with Crippen molar-refractivity contribution in [3.63, 3.8) is 0 Å². The first kappa shape index (κ1) is 21.8. The number of methoxy groups -OCH3 is 1. The van der Waals surface area contributed by atoms with Gasteiger partial charge in [-0.15, -0.1) is 0 Å². The van der Waals surface area contributed by atoms with Crippen LogP contribution in [0.1, 0.15) is 10.5 Å². The molecular formula is C20H19N3O7S. The summed E-state index contributed by atoms with van der Waals surface area (Å²) in [7, 11) is -2.10. The number of nitrogens with zero attached hydrogens (tertiary/aromatic N) is 1. The van der Waals surface area contributed by atoms with Crippen molar-refractivity contribution in [2.45, 2.75) is 4.90 Å². The van der Waals surface area contributed by atoms with Crippen LogP contribution < -0.4 is 14.8 Å². The summed E-state index contributed by atoms with van der Waals surface area (Å²) < 4.78 is 38.9. The summed E-state index contributed by atoms with van der Waals surface area (Å²) in [6, 6.07) is 10.4. The number of hydrogen-bond donors (Lipinski definition) is 2. The highest BCUT2D eigenvalue weighted by atomic mass is 32.2. The second kappa shape index (κ2) is 9.30. The number of carbonyl (C=O) groups is 2. The van der Waals surface area contributed by atoms with Crippen molar-refractivity contribution in [2.24, 2.45) is 0 Å². The molecule has 0 unspecified atom stereocenters. The summed E-state index contributed by atoms with van der Waals surface area (Å²) in [4.78, 5) is 30.3. The Morgan fingerprint density at radius 2 is 1.77 bits per heavy atom. The molecule has 0 saturated heterocycles. The van der Waals surface area contributed by atoms with E-state index in [1.165, 1.54) is 56.0 Å². The molecule has 3 rings (SSSR count). The third kappa shape index (κ3) is 6.06. The van der Waals surface area contributed by atoms with Crippen LogP contribution in [0.2, 0.25) is 0 Å². The van der Waals surface area contributed by atoms with Crippen LogP contribution in [0.3, 0.4) is 0 Å². The number of carbonyl (C=O) groups excluding carboxylic acids is 2. The van der Waals surface area contributed by atoms with E-state index in [9.17, 15) is 18.0 Å². The summed E-state index contributed by atoms with van der Waals surface area (Å²) >= 11 is 0. The van der Waals surface area contributed by atoms with E-state index in [1.807, 2.05) is 0 Å². The molecule has 0 saturated carbocycles. The van der Waals surface area contributed by atoms with Crippen molar-refractivity contribution in [3.8, 4) is 17.2 Å². The zero-order valence-corrected chi connectivity index (χ0v) is 17.4. The first-order valence-electron chi connectivity index (χ1n) is 8.87. The zero-order valence-electron chi connectivity index (χ0n) is 16.6. The SMILES string of the molecule is COC(=O)COc1cc(NC(=O)c2cnc[nH]2)cc(Oc2ccc(S(C)(=O)=O)cc2)c1. The molecule has 0 atom stereocenters. The first-order chi connectivity index (χ1) is 14.7. The maximum absolute atomic E-state index is 12.3. The number of imidazole rings is 1. The molecule has 0 aliphatic carbocycles. The molecule has 2 N–H and O–H groups in total. The van der Waals surface area contributed by atoms with Gasteiger partial charge in [0.15, 0.2) is 16.4 Å². The van der Waals surface area contributed by atoms with Gasteiger partial charge in [-0.3, -0.25) is 4.79 Å². The van der Waals surface area contributed by atoms with E-state index in [0.29, 0.717) is 11.4 Å². The van der Waals surface area contributed by atoms with Gasteiger partial charge in [0.2, 0.25) is 0 Å². The summed E-state index contributed by atoms with van der Waals surface area (Å²) in [6.45, 7) is -0.336. The van der Waals surface area contributed by atoms with Crippen molar-refractivity contribution < 1.29 is 32.2 Å². The van der Waals surface area contributed by atoms with Crippen LogP contribution in [0.5, 0.6) is 17.2 Å². The fourth-order valence-corrected chi connectivity index (χ4v) is 3.09. The maximum atomic E-state index is 12.3. The molecule has 0 fully saturated rings. The number of amides is 1. The molecular weight excluding hydrogens is 426 g/mol. The van der Waals surface area contributed by atoms with Gasteiger partial charge in [-0.2, -0.15) is 0 Å². The summed E-state index contributed by atoms with van der Waals surface area (Å²) in [5.41, 5.74) is 0.587. The minimum Gasteiger partial charge on any atom is -0.482 e. The third-order valence-electron chi connectivity index (χ3n) is 3.95. The fraction of sp³-hybridized carbons (Fsp3) is 0.150. The number of H-pyrrole nitrogens is 1. The van der Waals surface area contributed by atoms with Gasteiger partial charge < -0.3 is 24.5 Å². The molecule has 3 aromatic rings. The number of rotatable bonds is 8. The van der Waals surface area contributed by atoms with Gasteiger partial charge in [0.1, 0.15) is 22.9 Å². The van der Waals surface area contributed by atoms with E-state index in [-0.39, 0.29) is 28.7 Å². The number of benzene rings is 2. The number of hydrogen-bond acceptors (Lipinski definition) is 8. The van der Waals surface area contributed by atoms with Crippen molar-refractivity contribution >= 4 is 27.4 Å². The van der Waals surface area contributed by atoms with Crippen LogP contribution in [0.15, 0.2) is 59.9 Å². The van der Waals surface area contributed by atoms with E-state index in [2.05, 4.69) is 20.0 Å². The Kier molecular flexibility index (Phi) is 6.55. The van der Waals surface area contributed by atoms with E-state index in [1.54, 1.807) is 6.07 Å². The Morgan fingerprint density at radius 3 is 2.39 bits per heavy atom. The van der Waals surface area contributed by atoms with Crippen LogP contribution >= 0.6 is 0 Å². The Labute approximate surface area is 178 Å². The molecule has 0 aliphatic rings. The largest absolute Gasteiger partial charge is 0.482 e. The Hall–Kier alpha value is -3.86. The number of nitrogens with one attached hydrogen (secondary N) is 2. The van der Waals surface area contributed by atoms with Gasteiger partial charge in [-0.1, -0.05) is 0 Å². The topological polar surface area (TPSA) is 137 Å². The number of esters is 1. The van der Waals surface area contributed by atoms with E-state index in [0.717, 1.165) is 6.26 Å². The quantitative estimate of drug-likeness (QED) is 0.505. The molecule has 10 nitrogen and oxygen atoms in total. The Bertz CT molecular complexity index is 1170. The van der Waals surface area contributed by atoms with Crippen LogP contribution in [0.4, 0.5) is 5.69 Å². The minimum atomic E-state index is -3.33. The zero-order chi connectivity index (χ0) is 22.4. The van der Waals surface area contributed by atoms with Crippen molar-refractivity contribution in [2.75, 3.05) is 25.3 Å². The lowest BCUT2D eigenvalue weighted by Gasteiger charge is -2.12. The monoisotopic (exact) mass is 445 g/mol. The number of ether oxygens (including phenoxy) is 3. The van der Waals surface area contributed by atoms with Crippen LogP contribution in [-0.4, -0.2) is 50.2 Å². The average Bonchev–Trinajstić information content (AvgIpc) is 3.27. The fourth-order valence-electron chi connectivity index (χ4n) is 2.46. The third-order valence-corrected chi connectivity index (χ3v) is 5.08. The molecule has 1 amide bonds. The van der Waals surface area contributed by atoms with Crippen molar-refractivity contribution in [1.82, 2.24) is 9.97 Å². The molecule has 0 aliphatic heterocycles. The molecule has 162 valence electrons. The minimum absolute atomic E-state index is 0.155. The number of anilines is 1. The second-order valence-corrected chi connectivity index (χ2v) is 8.34. The van der Waals surface area contributed by atoms with Gasteiger partial charge in [-0.25, -0.2) is 18.2 Å². The maximum Gasteiger partial charge on any atom is 0.343 e. The van der Waals surface area contributed by atoms with E-state index < -0.39 is 21.7 Å². The molecule has 0 radical (unpaired) electrons. The predicted octanol–water partition coefficient (Wildman–Crippen LogP) is 2.41. The smallest absolute Gasteiger partial charge is 0.343 e. The average molecular weight is 445 g/mol. The number of aromatic amines is 1. The first-order valence-corrected chi connectivity index (χ1v) is 10.8. The van der Waals surface area contributed by atoms with Gasteiger partial charge in [0, 0.05) is 30.1 Å². The standard InChI is InChI=1S/C20H19N3O7S/c1-28-19(24)11-29-15-7-13(23-20(25)18-10-21-12-22-18)8-16(9-15)30-14-3-5-17(6-4-14)31(2,26)27/h3-10,12H,11H2,1-2H3,(H,21,22)(H,23,25). The predicted molar refractivity (Wildman–Crippen MR) is 110 cm³/mol. The van der Waals surface area contributed by atoms with Crippen molar-refractivity contribution in [1.29, 1.82) is 0 Å². The molecule has 31 heavy (non-hydrogen) atoms. The summed E-state index contributed by atoms with van der Waals surface area (Å²) in [6.07, 6.45) is 3.85.